The first-order valence-corrected chi connectivity index (χ1v) is 12.5. The van der Waals surface area contributed by atoms with E-state index in [1.54, 1.807) is 12.4 Å². The minimum absolute atomic E-state index is 1.20. The molecule has 0 spiro atoms. The van der Waals surface area contributed by atoms with Crippen LogP contribution in [0.2, 0.25) is 0 Å². The molecule has 0 N–H and O–H groups in total. The van der Waals surface area contributed by atoms with Gasteiger partial charge in [0, 0.05) is 24.8 Å². The smallest absolute Gasteiger partial charge is 0.0346 e. The maximum atomic E-state index is 4.01. The highest BCUT2D eigenvalue weighted by Gasteiger charge is 1.86. The summed E-state index contributed by atoms with van der Waals surface area (Å²) in [6.07, 6.45) is 7.18. The summed E-state index contributed by atoms with van der Waals surface area (Å²) in [5.41, 5.74) is 1.32. The zero-order valence-corrected chi connectivity index (χ0v) is 23.2. The van der Waals surface area contributed by atoms with Crippen molar-refractivity contribution in [3.05, 3.63) is 109 Å². The van der Waals surface area contributed by atoms with Crippen LogP contribution < -0.4 is 0 Å². The number of nitrogens with zero attached hydrogens (tertiary/aromatic N) is 2. The van der Waals surface area contributed by atoms with Crippen LogP contribution in [0.5, 0.6) is 0 Å². The summed E-state index contributed by atoms with van der Waals surface area (Å²) in [7, 11) is 0. The summed E-state index contributed by atoms with van der Waals surface area (Å²) >= 11 is 0. The Morgan fingerprint density at radius 1 is 0.394 bits per heavy atom. The summed E-state index contributed by atoms with van der Waals surface area (Å²) in [5, 5.41) is 2.45. The number of pyridine rings is 2. The number of aromatic nitrogens is 2. The largest absolute Gasteiger partial charge is 0.265 e. The van der Waals surface area contributed by atoms with Gasteiger partial charge < -0.3 is 0 Å². The Kier molecular flexibility index (Phi) is 41.1. The molecule has 0 atom stereocenters. The summed E-state index contributed by atoms with van der Waals surface area (Å²) in [5.74, 6) is 0. The molecule has 0 radical (unpaired) electrons. The molecular formula is C31H50N2. The first kappa shape index (κ1) is 37.3. The molecule has 4 aromatic rings. The molecular weight excluding hydrogens is 400 g/mol. The summed E-state index contributed by atoms with van der Waals surface area (Å²) in [4.78, 5) is 7.80. The van der Waals surface area contributed by atoms with Crippen LogP contribution in [0.15, 0.2) is 104 Å². The summed E-state index contributed by atoms with van der Waals surface area (Å²) in [6, 6.07) is 26.2. The highest BCUT2D eigenvalue weighted by Crippen LogP contribution is 2.09. The van der Waals surface area contributed by atoms with E-state index in [4.69, 9.17) is 0 Å². The van der Waals surface area contributed by atoms with Crippen molar-refractivity contribution in [1.29, 1.82) is 0 Å². The van der Waals surface area contributed by atoms with Crippen molar-refractivity contribution < 1.29 is 0 Å². The van der Waals surface area contributed by atoms with Crippen molar-refractivity contribution in [2.24, 2.45) is 0 Å². The van der Waals surface area contributed by atoms with Crippen molar-refractivity contribution >= 4 is 10.8 Å². The summed E-state index contributed by atoms with van der Waals surface area (Å²) < 4.78 is 0. The van der Waals surface area contributed by atoms with Crippen LogP contribution in [-0.4, -0.2) is 9.97 Å². The molecule has 2 nitrogen and oxygen atoms in total. The van der Waals surface area contributed by atoms with Gasteiger partial charge in [0.05, 0.1) is 0 Å². The predicted octanol–water partition coefficient (Wildman–Crippen LogP) is 10.4. The number of hydrogen-bond donors (Lipinski definition) is 0. The van der Waals surface area contributed by atoms with Crippen LogP contribution in [0, 0.1) is 6.92 Å². The zero-order valence-electron chi connectivity index (χ0n) is 23.2. The van der Waals surface area contributed by atoms with Gasteiger partial charge in [-0.05, 0) is 35.9 Å². The molecule has 4 rings (SSSR count). The molecule has 0 aliphatic heterocycles. The Morgan fingerprint density at radius 2 is 0.818 bits per heavy atom. The third-order valence-electron chi connectivity index (χ3n) is 3.06. The normalized spacial score (nSPS) is 7.24. The lowest BCUT2D eigenvalue weighted by Gasteiger charge is -1.91. The minimum Gasteiger partial charge on any atom is -0.265 e. The molecule has 0 saturated heterocycles. The van der Waals surface area contributed by atoms with Crippen molar-refractivity contribution in [2.45, 2.75) is 76.2 Å². The maximum Gasteiger partial charge on any atom is 0.0346 e. The quantitative estimate of drug-likeness (QED) is 0.266. The van der Waals surface area contributed by atoms with Crippen LogP contribution in [0.4, 0.5) is 0 Å². The van der Waals surface area contributed by atoms with Gasteiger partial charge >= 0.3 is 0 Å². The highest BCUT2D eigenvalue weighted by atomic mass is 14.6. The second-order valence-electron chi connectivity index (χ2n) is 4.90. The Balaban J connectivity index is -0.000000164. The molecule has 0 bridgehead atoms. The van der Waals surface area contributed by atoms with Gasteiger partial charge in [0.2, 0.25) is 0 Å². The van der Waals surface area contributed by atoms with Crippen LogP contribution >= 0.6 is 0 Å². The molecule has 0 fully saturated rings. The van der Waals surface area contributed by atoms with Crippen molar-refractivity contribution in [2.75, 3.05) is 0 Å². The molecule has 33 heavy (non-hydrogen) atoms. The van der Waals surface area contributed by atoms with Crippen LogP contribution in [0.1, 0.15) is 74.8 Å². The highest BCUT2D eigenvalue weighted by molar-refractivity contribution is 5.80. The molecule has 2 heteroatoms. The average Bonchev–Trinajstić information content (AvgIpc) is 2.96. The van der Waals surface area contributed by atoms with E-state index in [-0.39, 0.29) is 0 Å². The number of hydrogen-bond acceptors (Lipinski definition) is 2. The Morgan fingerprint density at radius 3 is 1.15 bits per heavy atom. The van der Waals surface area contributed by atoms with E-state index in [2.05, 4.69) is 41.2 Å². The van der Waals surface area contributed by atoms with Gasteiger partial charge in [0.15, 0.2) is 0 Å². The minimum atomic E-state index is 1.20. The van der Waals surface area contributed by atoms with Gasteiger partial charge in [-0.1, -0.05) is 135 Å². The molecule has 2 heterocycles. The number of fused-ring (bicyclic) bond motifs is 1. The lowest BCUT2D eigenvalue weighted by molar-refractivity contribution is 1.33. The van der Waals surface area contributed by atoms with E-state index < -0.39 is 0 Å². The van der Waals surface area contributed by atoms with Gasteiger partial charge in [0.1, 0.15) is 0 Å². The van der Waals surface area contributed by atoms with Crippen LogP contribution in [0.25, 0.3) is 10.8 Å². The third-order valence-corrected chi connectivity index (χ3v) is 3.06. The molecule has 2 aromatic heterocycles. The van der Waals surface area contributed by atoms with E-state index >= 15 is 0 Å². The predicted molar refractivity (Wildman–Crippen MR) is 154 cm³/mol. The second-order valence-corrected chi connectivity index (χ2v) is 4.90. The van der Waals surface area contributed by atoms with Crippen LogP contribution in [0.3, 0.4) is 0 Å². The van der Waals surface area contributed by atoms with E-state index in [0.29, 0.717) is 0 Å². The number of benzene rings is 2. The Hall–Kier alpha value is -3.00. The second kappa shape index (κ2) is 36.4. The molecule has 0 amide bonds. The number of aryl methyl sites for hydroxylation is 1. The first-order chi connectivity index (χ1) is 16.4. The number of rotatable bonds is 0. The van der Waals surface area contributed by atoms with Gasteiger partial charge in [0.25, 0.3) is 0 Å². The van der Waals surface area contributed by atoms with E-state index in [1.165, 1.54) is 16.3 Å². The Labute approximate surface area is 206 Å². The van der Waals surface area contributed by atoms with E-state index in [9.17, 15) is 0 Å². The monoisotopic (exact) mass is 450 g/mol. The summed E-state index contributed by atoms with van der Waals surface area (Å²) in [6.45, 7) is 22.1. The lowest BCUT2D eigenvalue weighted by Crippen LogP contribution is -1.71. The van der Waals surface area contributed by atoms with Gasteiger partial charge in [-0.2, -0.15) is 0 Å². The molecule has 0 aliphatic carbocycles. The van der Waals surface area contributed by atoms with Gasteiger partial charge in [-0.25, -0.2) is 0 Å². The van der Waals surface area contributed by atoms with E-state index in [1.807, 2.05) is 136 Å². The fraction of sp³-hybridized carbons (Fsp3) is 0.355. The molecule has 0 saturated carbocycles. The van der Waals surface area contributed by atoms with Crippen molar-refractivity contribution in [1.82, 2.24) is 9.97 Å². The van der Waals surface area contributed by atoms with Crippen molar-refractivity contribution in [3.8, 4) is 0 Å². The fourth-order valence-corrected chi connectivity index (χ4v) is 1.87. The standard InChI is InChI=1S/C9H7N.C7H8.C5H5N.5C2H6/c1-2-4-9-7-10-6-5-8(9)3-1;1-7-5-3-2-4-6-7;1-2-4-6-5-3-1;5*1-2/h1-7H;2-6H,1H3;1-5H;5*1-2H3. The van der Waals surface area contributed by atoms with E-state index in [0.717, 1.165) is 0 Å². The van der Waals surface area contributed by atoms with Gasteiger partial charge in [-0.15, -0.1) is 0 Å². The first-order valence-electron chi connectivity index (χ1n) is 12.5. The Bertz CT molecular complexity index is 693. The average molecular weight is 451 g/mol. The fourth-order valence-electron chi connectivity index (χ4n) is 1.87. The van der Waals surface area contributed by atoms with Crippen molar-refractivity contribution in [3.63, 3.8) is 0 Å². The van der Waals surface area contributed by atoms with Gasteiger partial charge in [-0.3, -0.25) is 9.97 Å². The zero-order chi connectivity index (χ0) is 26.2. The lowest BCUT2D eigenvalue weighted by atomic mass is 10.2. The SMILES string of the molecule is CC.CC.CC.CC.CC.Cc1ccccc1.c1ccc2cnccc2c1.c1ccncc1. The molecule has 0 unspecified atom stereocenters. The molecule has 2 aromatic carbocycles. The topological polar surface area (TPSA) is 25.8 Å². The third kappa shape index (κ3) is 25.1. The maximum absolute atomic E-state index is 4.01. The van der Waals surface area contributed by atoms with Crippen LogP contribution in [-0.2, 0) is 0 Å². The molecule has 0 aliphatic rings. The molecule has 184 valence electrons.